The molecule has 20 heteroatoms. The second-order valence-corrected chi connectivity index (χ2v) is 16.0. The van der Waals surface area contributed by atoms with Crippen molar-refractivity contribution in [2.75, 3.05) is 19.7 Å². The third-order valence-corrected chi connectivity index (χ3v) is 10.8. The number of carbonyl (C=O) groups excluding carboxylic acids is 3. The Morgan fingerprint density at radius 2 is 1.78 bits per heavy atom. The van der Waals surface area contributed by atoms with E-state index in [1.165, 1.54) is 4.90 Å². The van der Waals surface area contributed by atoms with Gasteiger partial charge in [-0.05, 0) is 55.9 Å². The fourth-order valence-electron chi connectivity index (χ4n) is 7.24. The van der Waals surface area contributed by atoms with Gasteiger partial charge in [0.25, 0.3) is 5.91 Å². The Kier molecular flexibility index (Phi) is 15.8. The Bertz CT molecular complexity index is 1550. The molecule has 0 spiro atoms. The van der Waals surface area contributed by atoms with Gasteiger partial charge in [-0.2, -0.15) is 8.42 Å². The summed E-state index contributed by atoms with van der Waals surface area (Å²) >= 11 is 6.62. The van der Waals surface area contributed by atoms with Crippen LogP contribution < -0.4 is 22.1 Å². The second-order valence-electron chi connectivity index (χ2n) is 14.3. The Morgan fingerprint density at radius 3 is 2.43 bits per heavy atom. The molecule has 2 saturated heterocycles. The van der Waals surface area contributed by atoms with E-state index in [9.17, 15) is 37.9 Å². The molecule has 0 radical (unpaired) electrons. The highest BCUT2D eigenvalue weighted by atomic mass is 35.5. The first-order valence-corrected chi connectivity index (χ1v) is 19.9. The number of likely N-dealkylation sites (tertiary alicyclic amines) is 1. The molecule has 54 heavy (non-hydrogen) atoms. The summed E-state index contributed by atoms with van der Waals surface area (Å²) < 4.78 is 49.9. The van der Waals surface area contributed by atoms with Crippen LogP contribution in [0.5, 0.6) is 0 Å². The monoisotopic (exact) mass is 804 g/mol. The molecule has 8 unspecified atom stereocenters. The van der Waals surface area contributed by atoms with Gasteiger partial charge in [0.2, 0.25) is 11.8 Å². The van der Waals surface area contributed by atoms with Gasteiger partial charge in [0.05, 0.1) is 12.7 Å². The van der Waals surface area contributed by atoms with Crippen molar-refractivity contribution in [3.05, 3.63) is 35.9 Å². The number of unbranched alkanes of at least 4 members (excludes halogenated alkanes) is 1. The van der Waals surface area contributed by atoms with Gasteiger partial charge in [-0.15, -0.1) is 11.6 Å². The molecule has 1 aliphatic carbocycles. The summed E-state index contributed by atoms with van der Waals surface area (Å²) in [5.41, 5.74) is 11.2. The van der Waals surface area contributed by atoms with Crippen LogP contribution in [0.3, 0.4) is 0 Å². The number of aliphatic hydroxyl groups is 3. The zero-order valence-corrected chi connectivity index (χ0v) is 31.8. The summed E-state index contributed by atoms with van der Waals surface area (Å²) in [5.74, 6) is -3.08. The van der Waals surface area contributed by atoms with Gasteiger partial charge < -0.3 is 51.8 Å². The first-order chi connectivity index (χ1) is 25.5. The smallest absolute Gasteiger partial charge is 0.388 e. The lowest BCUT2D eigenvalue weighted by molar-refractivity contribution is -0.288. The number of guanidine groups is 1. The average Bonchev–Trinajstić information content (AvgIpc) is 3.48. The molecule has 3 amide bonds. The standard InChI is InChI=1S/C34H53ClN6O12S/c1-18(2)29(52-33-28(44)27(43)24(42)17-51-33)26(40-31(46)25(53-54(48,49)50)14-19-8-4-3-5-9-19)32(47)41-22-16-21(35)11-10-20(22)15-23(41)30(45)38-12-6-7-13-39-34(36)37/h3-5,8-9,18,20-29,33,42-44H,6-7,10-17H2,1-2H3,(H,38,45)(H,40,46)(H4,36,37,39)(H,48,49,50)/t20?,21?,22?,23?,24-,25?,26?,27?,28?,29-,33-/m1/s1. The molecular weight excluding hydrogens is 752 g/mol. The van der Waals surface area contributed by atoms with Crippen molar-refractivity contribution in [2.24, 2.45) is 28.3 Å². The molecule has 10 N–H and O–H groups in total. The van der Waals surface area contributed by atoms with Crippen LogP contribution in [0.1, 0.15) is 57.9 Å². The summed E-state index contributed by atoms with van der Waals surface area (Å²) in [6.07, 6.45) is -6.83. The molecule has 2 heterocycles. The van der Waals surface area contributed by atoms with Gasteiger partial charge in [-0.1, -0.05) is 44.2 Å². The molecule has 3 fully saturated rings. The minimum atomic E-state index is -5.18. The molecular formula is C34H53ClN6O12S. The van der Waals surface area contributed by atoms with Crippen LogP contribution in [0.25, 0.3) is 0 Å². The SMILES string of the molecule is CC(C)[C@@H](O[C@H]1OC[C@@H](O)C(O)C1O)C(NC(=O)C(Cc1ccccc1)OS(=O)(=O)O)C(=O)N1C(C(=O)NCCCCN=C(N)N)CC2CCC(Cl)CC21. The minimum Gasteiger partial charge on any atom is -0.388 e. The number of nitrogens with two attached hydrogens (primary N) is 2. The number of halogens is 1. The zero-order chi connectivity index (χ0) is 39.7. The Labute approximate surface area is 319 Å². The first-order valence-electron chi connectivity index (χ1n) is 18.1. The van der Waals surface area contributed by atoms with E-state index in [0.717, 1.165) is 0 Å². The van der Waals surface area contributed by atoms with Crippen LogP contribution in [0.15, 0.2) is 35.3 Å². The van der Waals surface area contributed by atoms with E-state index in [2.05, 4.69) is 15.6 Å². The molecule has 11 atom stereocenters. The number of benzene rings is 1. The molecule has 2 aliphatic heterocycles. The molecule has 0 aromatic heterocycles. The van der Waals surface area contributed by atoms with Gasteiger partial charge in [0, 0.05) is 30.9 Å². The Morgan fingerprint density at radius 1 is 1.07 bits per heavy atom. The topological polar surface area (TPSA) is 286 Å². The summed E-state index contributed by atoms with van der Waals surface area (Å²) in [6, 6.07) is 5.07. The van der Waals surface area contributed by atoms with E-state index < -0.39 is 95.6 Å². The minimum absolute atomic E-state index is 0.0427. The van der Waals surface area contributed by atoms with E-state index in [0.29, 0.717) is 50.6 Å². The van der Waals surface area contributed by atoms with E-state index in [4.69, 9.17) is 36.7 Å². The fourth-order valence-corrected chi connectivity index (χ4v) is 8.00. The largest absolute Gasteiger partial charge is 0.398 e. The van der Waals surface area contributed by atoms with Crippen molar-refractivity contribution in [3.63, 3.8) is 0 Å². The molecule has 304 valence electrons. The van der Waals surface area contributed by atoms with Crippen LogP contribution in [0.4, 0.5) is 0 Å². The van der Waals surface area contributed by atoms with Gasteiger partial charge in [-0.3, -0.25) is 23.9 Å². The molecule has 4 rings (SSSR count). The molecule has 3 aliphatic rings. The molecule has 1 saturated carbocycles. The van der Waals surface area contributed by atoms with Crippen molar-refractivity contribution >= 4 is 45.7 Å². The number of alkyl halides is 1. The number of amides is 3. The van der Waals surface area contributed by atoms with E-state index in [-0.39, 0.29) is 30.2 Å². The predicted octanol–water partition coefficient (Wildman–Crippen LogP) is -1.07. The highest BCUT2D eigenvalue weighted by molar-refractivity contribution is 7.80. The van der Waals surface area contributed by atoms with Crippen molar-refractivity contribution < 1.29 is 56.3 Å². The van der Waals surface area contributed by atoms with Crippen molar-refractivity contribution in [2.45, 2.75) is 119 Å². The number of carbonyl (C=O) groups is 3. The van der Waals surface area contributed by atoms with Crippen LogP contribution in [-0.2, 0) is 44.9 Å². The number of nitrogens with zero attached hydrogens (tertiary/aromatic N) is 2. The number of fused-ring (bicyclic) bond motifs is 1. The number of hydrogen-bond acceptors (Lipinski definition) is 12. The van der Waals surface area contributed by atoms with Gasteiger partial charge >= 0.3 is 10.4 Å². The Hall–Kier alpha value is -3.14. The van der Waals surface area contributed by atoms with Crippen molar-refractivity contribution in [3.8, 4) is 0 Å². The maximum absolute atomic E-state index is 15.1. The van der Waals surface area contributed by atoms with Crippen LogP contribution >= 0.6 is 11.6 Å². The quantitative estimate of drug-likeness (QED) is 0.0306. The van der Waals surface area contributed by atoms with Crippen LogP contribution in [0.2, 0.25) is 0 Å². The van der Waals surface area contributed by atoms with E-state index in [1.54, 1.807) is 44.2 Å². The molecule has 1 aromatic carbocycles. The zero-order valence-electron chi connectivity index (χ0n) is 30.3. The molecule has 1 aromatic rings. The normalized spacial score (nSPS) is 28.8. The third kappa shape index (κ3) is 11.9. The number of nitrogens with one attached hydrogen (secondary N) is 2. The fraction of sp³-hybridized carbons (Fsp3) is 0.706. The second kappa shape index (κ2) is 19.6. The van der Waals surface area contributed by atoms with Crippen molar-refractivity contribution in [1.82, 2.24) is 15.5 Å². The van der Waals surface area contributed by atoms with E-state index >= 15 is 4.79 Å². The lowest BCUT2D eigenvalue weighted by Crippen LogP contribution is -2.64. The van der Waals surface area contributed by atoms with Crippen molar-refractivity contribution in [1.29, 1.82) is 0 Å². The number of rotatable bonds is 17. The lowest BCUT2D eigenvalue weighted by Gasteiger charge is -2.42. The molecule has 0 bridgehead atoms. The molecule has 18 nitrogen and oxygen atoms in total. The van der Waals surface area contributed by atoms with Gasteiger partial charge in [0.1, 0.15) is 30.4 Å². The number of hydrogen-bond donors (Lipinski definition) is 8. The van der Waals surface area contributed by atoms with Gasteiger partial charge in [-0.25, -0.2) is 4.18 Å². The lowest BCUT2D eigenvalue weighted by atomic mass is 9.84. The summed E-state index contributed by atoms with van der Waals surface area (Å²) in [5, 5.41) is 36.3. The van der Waals surface area contributed by atoms with E-state index in [1.807, 2.05) is 0 Å². The first kappa shape index (κ1) is 43.6. The highest BCUT2D eigenvalue weighted by Crippen LogP contribution is 2.42. The van der Waals surface area contributed by atoms with Crippen LogP contribution in [-0.4, -0.2) is 137 Å². The summed E-state index contributed by atoms with van der Waals surface area (Å²) in [4.78, 5) is 48.3. The number of aliphatic hydroxyl groups excluding tert-OH is 3. The summed E-state index contributed by atoms with van der Waals surface area (Å²) in [7, 11) is -5.18. The average molecular weight is 805 g/mol. The summed E-state index contributed by atoms with van der Waals surface area (Å²) in [6.45, 7) is 3.53. The Balaban J connectivity index is 1.70. The maximum atomic E-state index is 15.1. The van der Waals surface area contributed by atoms with Gasteiger partial charge in [0.15, 0.2) is 18.4 Å². The highest BCUT2D eigenvalue weighted by Gasteiger charge is 2.52. The van der Waals surface area contributed by atoms with Crippen LogP contribution in [0, 0.1) is 11.8 Å². The third-order valence-electron chi connectivity index (χ3n) is 9.94. The predicted molar refractivity (Wildman–Crippen MR) is 195 cm³/mol. The number of ether oxygens (including phenoxy) is 2. The maximum Gasteiger partial charge on any atom is 0.398 e. The number of aliphatic imine (C=N–C) groups is 1.